The predicted octanol–water partition coefficient (Wildman–Crippen LogP) is 1.54. The van der Waals surface area contributed by atoms with Crippen LogP contribution in [0.3, 0.4) is 0 Å². The first kappa shape index (κ1) is 7.79. The highest BCUT2D eigenvalue weighted by Gasteiger charge is 1.98. The van der Waals surface area contributed by atoms with Gasteiger partial charge in [0.15, 0.2) is 0 Å². The molecular weight excluding hydrogens is 166 g/mol. The van der Waals surface area contributed by atoms with E-state index in [4.69, 9.17) is 0 Å². The van der Waals surface area contributed by atoms with Gasteiger partial charge < -0.3 is 4.84 Å². The van der Waals surface area contributed by atoms with Crippen LogP contribution >= 0.6 is 0 Å². The molecule has 0 atom stereocenters. The van der Waals surface area contributed by atoms with Gasteiger partial charge in [0.05, 0.1) is 17.9 Å². The van der Waals surface area contributed by atoms with Crippen LogP contribution in [0.2, 0.25) is 0 Å². The van der Waals surface area contributed by atoms with E-state index in [2.05, 4.69) is 20.2 Å². The third-order valence-corrected chi connectivity index (χ3v) is 1.82. The van der Waals surface area contributed by atoms with Gasteiger partial charge in [0.1, 0.15) is 7.11 Å². The highest BCUT2D eigenvalue weighted by Crippen LogP contribution is 2.13. The van der Waals surface area contributed by atoms with E-state index in [0.717, 1.165) is 16.5 Å². The highest BCUT2D eigenvalue weighted by molar-refractivity contribution is 5.97. The Hall–Kier alpha value is -1.84. The Labute approximate surface area is 75.2 Å². The van der Waals surface area contributed by atoms with Gasteiger partial charge in [-0.3, -0.25) is 5.10 Å². The van der Waals surface area contributed by atoms with E-state index in [9.17, 15) is 0 Å². The van der Waals surface area contributed by atoms with Gasteiger partial charge in [-0.25, -0.2) is 0 Å². The second kappa shape index (κ2) is 3.26. The van der Waals surface area contributed by atoms with Crippen molar-refractivity contribution in [2.24, 2.45) is 5.16 Å². The molecule has 0 spiro atoms. The Morgan fingerprint density at radius 1 is 1.54 bits per heavy atom. The number of oxime groups is 1. The van der Waals surface area contributed by atoms with Crippen molar-refractivity contribution in [1.82, 2.24) is 10.2 Å². The first-order chi connectivity index (χ1) is 6.42. The van der Waals surface area contributed by atoms with Crippen LogP contribution < -0.4 is 0 Å². The van der Waals surface area contributed by atoms with Gasteiger partial charge in [-0.15, -0.1) is 0 Å². The normalized spacial score (nSPS) is 11.2. The summed E-state index contributed by atoms with van der Waals surface area (Å²) in [5.74, 6) is 0. The van der Waals surface area contributed by atoms with Gasteiger partial charge in [0.25, 0.3) is 0 Å². The first-order valence-corrected chi connectivity index (χ1v) is 3.90. The lowest BCUT2D eigenvalue weighted by molar-refractivity contribution is 0.215. The van der Waals surface area contributed by atoms with Crippen LogP contribution in [0.1, 0.15) is 5.56 Å². The fourth-order valence-electron chi connectivity index (χ4n) is 1.21. The Morgan fingerprint density at radius 2 is 2.46 bits per heavy atom. The lowest BCUT2D eigenvalue weighted by atomic mass is 10.1. The smallest absolute Gasteiger partial charge is 0.106 e. The molecule has 0 saturated carbocycles. The molecule has 0 fully saturated rings. The number of fused-ring (bicyclic) bond motifs is 1. The molecule has 4 nitrogen and oxygen atoms in total. The number of nitrogens with zero attached hydrogens (tertiary/aromatic N) is 2. The molecule has 0 aliphatic heterocycles. The first-order valence-electron chi connectivity index (χ1n) is 3.90. The van der Waals surface area contributed by atoms with Crippen molar-refractivity contribution in [2.75, 3.05) is 7.11 Å². The van der Waals surface area contributed by atoms with Gasteiger partial charge in [0, 0.05) is 10.9 Å². The minimum absolute atomic E-state index is 0.994. The summed E-state index contributed by atoms with van der Waals surface area (Å²) in [6.45, 7) is 0. The summed E-state index contributed by atoms with van der Waals surface area (Å²) in [7, 11) is 1.52. The van der Waals surface area contributed by atoms with Crippen LogP contribution in [0.4, 0.5) is 0 Å². The van der Waals surface area contributed by atoms with Crippen molar-refractivity contribution in [3.8, 4) is 0 Å². The molecule has 13 heavy (non-hydrogen) atoms. The summed E-state index contributed by atoms with van der Waals surface area (Å²) in [5.41, 5.74) is 1.99. The number of nitrogens with one attached hydrogen (secondary N) is 1. The topological polar surface area (TPSA) is 50.3 Å². The van der Waals surface area contributed by atoms with Crippen LogP contribution in [-0.4, -0.2) is 23.5 Å². The molecule has 2 aromatic rings. The largest absolute Gasteiger partial charge is 0.399 e. The van der Waals surface area contributed by atoms with Crippen molar-refractivity contribution in [3.63, 3.8) is 0 Å². The van der Waals surface area contributed by atoms with Crippen LogP contribution in [0.25, 0.3) is 10.9 Å². The average Bonchev–Trinajstić information content (AvgIpc) is 2.62. The Morgan fingerprint density at radius 3 is 3.31 bits per heavy atom. The van der Waals surface area contributed by atoms with Gasteiger partial charge in [-0.1, -0.05) is 17.3 Å². The Bertz CT molecular complexity index is 433. The van der Waals surface area contributed by atoms with Gasteiger partial charge >= 0.3 is 0 Å². The number of aromatic amines is 1. The van der Waals surface area contributed by atoms with Crippen LogP contribution in [0.5, 0.6) is 0 Å². The van der Waals surface area contributed by atoms with E-state index >= 15 is 0 Å². The van der Waals surface area contributed by atoms with Gasteiger partial charge in [-0.2, -0.15) is 5.10 Å². The molecule has 0 amide bonds. The minimum atomic E-state index is 0.994. The second-order valence-electron chi connectivity index (χ2n) is 2.60. The van der Waals surface area contributed by atoms with Gasteiger partial charge in [0.2, 0.25) is 0 Å². The molecule has 1 N–H and O–H groups in total. The summed E-state index contributed by atoms with van der Waals surface area (Å²) in [6.07, 6.45) is 3.43. The predicted molar refractivity (Wildman–Crippen MR) is 50.7 cm³/mol. The summed E-state index contributed by atoms with van der Waals surface area (Å²) in [4.78, 5) is 4.61. The number of hydrogen-bond acceptors (Lipinski definition) is 3. The lowest BCUT2D eigenvalue weighted by Crippen LogP contribution is -1.82. The number of benzene rings is 1. The zero-order valence-electron chi connectivity index (χ0n) is 7.19. The van der Waals surface area contributed by atoms with E-state index in [-0.39, 0.29) is 0 Å². The molecule has 0 aliphatic carbocycles. The average molecular weight is 175 g/mol. The molecule has 0 aliphatic rings. The highest BCUT2D eigenvalue weighted by atomic mass is 16.6. The van der Waals surface area contributed by atoms with Crippen molar-refractivity contribution >= 4 is 17.1 Å². The summed E-state index contributed by atoms with van der Waals surface area (Å²) in [5, 5.41) is 11.6. The monoisotopic (exact) mass is 175 g/mol. The zero-order chi connectivity index (χ0) is 9.10. The number of H-pyrrole nitrogens is 1. The molecular formula is C9H9N3O. The quantitative estimate of drug-likeness (QED) is 0.556. The molecule has 4 heteroatoms. The van der Waals surface area contributed by atoms with Crippen molar-refractivity contribution in [2.45, 2.75) is 0 Å². The number of aromatic nitrogens is 2. The van der Waals surface area contributed by atoms with Crippen LogP contribution in [0, 0.1) is 0 Å². The van der Waals surface area contributed by atoms with Crippen LogP contribution in [0.15, 0.2) is 29.6 Å². The van der Waals surface area contributed by atoms with Crippen molar-refractivity contribution in [1.29, 1.82) is 0 Å². The molecule has 0 unspecified atom stereocenters. The molecule has 1 aromatic carbocycles. The van der Waals surface area contributed by atoms with Crippen molar-refractivity contribution in [3.05, 3.63) is 30.0 Å². The SMILES string of the molecule is CO/N=C\c1cccc2[nH]ncc12. The molecule has 66 valence electrons. The molecule has 2 rings (SSSR count). The van der Waals surface area contributed by atoms with Gasteiger partial charge in [-0.05, 0) is 6.07 Å². The fraction of sp³-hybridized carbons (Fsp3) is 0.111. The summed E-state index contributed by atoms with van der Waals surface area (Å²) >= 11 is 0. The van der Waals surface area contributed by atoms with E-state index in [1.165, 1.54) is 7.11 Å². The molecule has 1 aromatic heterocycles. The van der Waals surface area contributed by atoms with E-state index in [0.29, 0.717) is 0 Å². The molecule has 0 radical (unpaired) electrons. The molecule has 0 bridgehead atoms. The Balaban J connectivity index is 2.54. The second-order valence-corrected chi connectivity index (χ2v) is 2.60. The third-order valence-electron chi connectivity index (χ3n) is 1.82. The van der Waals surface area contributed by atoms with Crippen molar-refractivity contribution < 1.29 is 4.84 Å². The zero-order valence-corrected chi connectivity index (χ0v) is 7.19. The third kappa shape index (κ3) is 1.38. The number of hydrogen-bond donors (Lipinski definition) is 1. The van der Waals surface area contributed by atoms with E-state index in [1.807, 2.05) is 18.2 Å². The van der Waals surface area contributed by atoms with E-state index < -0.39 is 0 Å². The molecule has 1 heterocycles. The maximum Gasteiger partial charge on any atom is 0.106 e. The lowest BCUT2D eigenvalue weighted by Gasteiger charge is -1.93. The summed E-state index contributed by atoms with van der Waals surface area (Å²) < 4.78 is 0. The standard InChI is InChI=1S/C9H9N3O/c1-13-11-5-7-3-2-4-9-8(7)6-10-12-9/h2-6H,1H3,(H,10,12)/b11-5-. The van der Waals surface area contributed by atoms with Crippen LogP contribution in [-0.2, 0) is 4.84 Å². The summed E-state index contributed by atoms with van der Waals surface area (Å²) in [6, 6.07) is 5.87. The van der Waals surface area contributed by atoms with E-state index in [1.54, 1.807) is 12.4 Å². The maximum atomic E-state index is 4.61. The fourth-order valence-corrected chi connectivity index (χ4v) is 1.21. The Kier molecular flexibility index (Phi) is 1.96. The number of rotatable bonds is 2. The minimum Gasteiger partial charge on any atom is -0.399 e. The molecule has 0 saturated heterocycles. The maximum absolute atomic E-state index is 4.61.